The fourth-order valence-electron chi connectivity index (χ4n) is 5.84. The molecule has 0 saturated carbocycles. The average Bonchev–Trinajstić information content (AvgIpc) is 3.51. The van der Waals surface area contributed by atoms with Crippen molar-refractivity contribution in [3.05, 3.63) is 99.8 Å². The van der Waals surface area contributed by atoms with Gasteiger partial charge in [0.05, 0.1) is 37.0 Å². The van der Waals surface area contributed by atoms with Crippen molar-refractivity contribution < 1.29 is 22.8 Å². The van der Waals surface area contributed by atoms with Gasteiger partial charge < -0.3 is 20.1 Å². The number of aromatic nitrogens is 4. The van der Waals surface area contributed by atoms with Crippen LogP contribution in [0.15, 0.2) is 66.7 Å². The van der Waals surface area contributed by atoms with E-state index in [9.17, 15) is 13.8 Å². The summed E-state index contributed by atoms with van der Waals surface area (Å²) in [6.07, 6.45) is 0.726. The molecular weight excluding hydrogens is 630 g/mol. The molecule has 3 heterocycles. The molecule has 238 valence electrons. The Morgan fingerprint density at radius 1 is 1.04 bits per heavy atom. The molecule has 0 radical (unpaired) electrons. The number of amides is 1. The highest BCUT2D eigenvalue weighted by Gasteiger charge is 2.47. The van der Waals surface area contributed by atoms with Crippen LogP contribution in [-0.4, -0.2) is 45.0 Å². The molecular formula is C33H33ClFN6O4P. The van der Waals surface area contributed by atoms with Crippen molar-refractivity contribution in [3.63, 3.8) is 0 Å². The number of rotatable bonds is 11. The zero-order chi connectivity index (χ0) is 32.6. The van der Waals surface area contributed by atoms with Crippen LogP contribution in [0.1, 0.15) is 43.0 Å². The summed E-state index contributed by atoms with van der Waals surface area (Å²) in [5, 5.41) is 8.83. The summed E-state index contributed by atoms with van der Waals surface area (Å²) < 4.78 is 39.9. The van der Waals surface area contributed by atoms with Gasteiger partial charge in [-0.3, -0.25) is 14.0 Å². The number of nitrogens with zero attached hydrogens (tertiary/aromatic N) is 4. The van der Waals surface area contributed by atoms with Gasteiger partial charge in [-0.15, -0.1) is 0 Å². The summed E-state index contributed by atoms with van der Waals surface area (Å²) in [7, 11) is -3.18. The van der Waals surface area contributed by atoms with Crippen molar-refractivity contribution in [1.82, 2.24) is 19.7 Å². The number of aryl methyl sites for hydroxylation is 1. The molecule has 10 nitrogen and oxygen atoms in total. The summed E-state index contributed by atoms with van der Waals surface area (Å²) in [6, 6.07) is 19.2. The van der Waals surface area contributed by atoms with Gasteiger partial charge in [-0.1, -0.05) is 54.1 Å². The van der Waals surface area contributed by atoms with Gasteiger partial charge >= 0.3 is 7.60 Å². The molecule has 0 saturated heterocycles. The lowest BCUT2D eigenvalue weighted by molar-refractivity contribution is -0.119. The standard InChI is InChI=1S/C33H33ClFN6O4P/c1-4-44-46(43,45-5-2)17-16-20-10-12-22(13-11-20)33(3)27-29(36)37-31(38-30(27)39-32(33)42)28-24-15-14-23(34)18-26(24)41(40-28)19-21-8-6-7-9-25(21)35/h6-15,18H,4-5,16-17,19H2,1-3H3,(H3,36,37,38,39,42). The Kier molecular flexibility index (Phi) is 8.69. The highest BCUT2D eigenvalue weighted by molar-refractivity contribution is 7.53. The fraction of sp³-hybridized carbons (Fsp3) is 0.273. The molecule has 6 rings (SSSR count). The number of benzene rings is 3. The molecule has 1 aliphatic rings. The number of carbonyl (C=O) groups excluding carboxylic acids is 1. The number of nitrogens with one attached hydrogen (secondary N) is 1. The number of halogens is 2. The van der Waals surface area contributed by atoms with Crippen LogP contribution in [0.3, 0.4) is 0 Å². The first kappa shape index (κ1) is 31.8. The van der Waals surface area contributed by atoms with Gasteiger partial charge in [0.2, 0.25) is 5.91 Å². The van der Waals surface area contributed by atoms with Crippen LogP contribution in [0, 0.1) is 5.82 Å². The molecule has 1 atom stereocenters. The minimum Gasteiger partial charge on any atom is -0.383 e. The van der Waals surface area contributed by atoms with Crippen LogP contribution in [-0.2, 0) is 36.8 Å². The zero-order valence-corrected chi connectivity index (χ0v) is 27.2. The minimum atomic E-state index is -3.18. The van der Waals surface area contributed by atoms with Crippen LogP contribution < -0.4 is 11.1 Å². The van der Waals surface area contributed by atoms with E-state index in [2.05, 4.69) is 10.3 Å². The van der Waals surface area contributed by atoms with Crippen LogP contribution in [0.4, 0.5) is 16.0 Å². The molecule has 1 aliphatic heterocycles. The molecule has 1 unspecified atom stereocenters. The van der Waals surface area contributed by atoms with Gasteiger partial charge in [0.1, 0.15) is 28.6 Å². The molecule has 0 bridgehead atoms. The number of hydrogen-bond donors (Lipinski definition) is 2. The quantitative estimate of drug-likeness (QED) is 0.145. The predicted molar refractivity (Wildman–Crippen MR) is 177 cm³/mol. The van der Waals surface area contributed by atoms with Gasteiger partial charge in [-0.2, -0.15) is 5.10 Å². The van der Waals surface area contributed by atoms with Gasteiger partial charge in [0.25, 0.3) is 0 Å². The van der Waals surface area contributed by atoms with Crippen molar-refractivity contribution in [3.8, 4) is 11.5 Å². The molecule has 0 spiro atoms. The maximum atomic E-state index is 14.5. The van der Waals surface area contributed by atoms with E-state index in [1.165, 1.54) is 6.07 Å². The number of carbonyl (C=O) groups is 1. The summed E-state index contributed by atoms with van der Waals surface area (Å²) in [5.74, 6) is -0.0147. The smallest absolute Gasteiger partial charge is 0.330 e. The van der Waals surface area contributed by atoms with E-state index in [-0.39, 0.29) is 36.1 Å². The molecule has 3 N–H and O–H groups in total. The van der Waals surface area contributed by atoms with Crippen molar-refractivity contribution >= 4 is 47.6 Å². The molecule has 1 amide bonds. The van der Waals surface area contributed by atoms with Crippen LogP contribution in [0.2, 0.25) is 5.02 Å². The molecule has 0 fully saturated rings. The molecule has 2 aromatic heterocycles. The van der Waals surface area contributed by atoms with Gasteiger partial charge in [-0.25, -0.2) is 14.4 Å². The third-order valence-electron chi connectivity index (χ3n) is 8.18. The summed E-state index contributed by atoms with van der Waals surface area (Å²) in [4.78, 5) is 22.9. The van der Waals surface area contributed by atoms with Gasteiger partial charge in [0, 0.05) is 16.0 Å². The lowest BCUT2D eigenvalue weighted by Gasteiger charge is -2.24. The van der Waals surface area contributed by atoms with E-state index in [0.29, 0.717) is 63.8 Å². The first-order chi connectivity index (χ1) is 22.1. The maximum absolute atomic E-state index is 14.5. The molecule has 5 aromatic rings. The second-order valence-corrected chi connectivity index (χ2v) is 13.7. The van der Waals surface area contributed by atoms with Gasteiger partial charge in [0.15, 0.2) is 5.82 Å². The number of anilines is 2. The van der Waals surface area contributed by atoms with Crippen LogP contribution >= 0.6 is 19.2 Å². The first-order valence-electron chi connectivity index (χ1n) is 14.9. The average molecular weight is 663 g/mol. The van der Waals surface area contributed by atoms with E-state index in [1.54, 1.807) is 61.9 Å². The summed E-state index contributed by atoms with van der Waals surface area (Å²) >= 11 is 6.32. The highest BCUT2D eigenvalue weighted by atomic mass is 35.5. The van der Waals surface area contributed by atoms with E-state index >= 15 is 0 Å². The predicted octanol–water partition coefficient (Wildman–Crippen LogP) is 6.98. The Labute approximate surface area is 270 Å². The fourth-order valence-corrected chi connectivity index (χ4v) is 7.66. The number of hydrogen-bond acceptors (Lipinski definition) is 8. The van der Waals surface area contributed by atoms with E-state index < -0.39 is 13.0 Å². The number of nitrogen functional groups attached to an aromatic ring is 1. The monoisotopic (exact) mass is 662 g/mol. The van der Waals surface area contributed by atoms with Crippen molar-refractivity contribution in [2.45, 2.75) is 39.2 Å². The molecule has 13 heteroatoms. The SMILES string of the molecule is CCOP(=O)(CCc1ccc(C2(C)C(=O)Nc3nc(-c4nn(Cc5ccccc5F)c5cc(Cl)ccc45)nc(N)c32)cc1)OCC. The summed E-state index contributed by atoms with van der Waals surface area (Å²) in [6.45, 7) is 6.10. The lowest BCUT2D eigenvalue weighted by Crippen LogP contribution is -2.33. The van der Waals surface area contributed by atoms with Crippen molar-refractivity contribution in [2.24, 2.45) is 0 Å². The summed E-state index contributed by atoms with van der Waals surface area (Å²) in [5.41, 5.74) is 9.04. The van der Waals surface area contributed by atoms with E-state index in [4.69, 9.17) is 36.5 Å². The Hall–Kier alpha value is -4.15. The van der Waals surface area contributed by atoms with E-state index in [0.717, 1.165) is 5.56 Å². The topological polar surface area (TPSA) is 134 Å². The third-order valence-corrected chi connectivity index (χ3v) is 10.5. The molecule has 46 heavy (non-hydrogen) atoms. The number of nitrogens with two attached hydrogens (primary N) is 1. The van der Waals surface area contributed by atoms with Crippen LogP contribution in [0.5, 0.6) is 0 Å². The number of fused-ring (bicyclic) bond motifs is 2. The lowest BCUT2D eigenvalue weighted by atomic mass is 9.77. The molecule has 0 aliphatic carbocycles. The Balaban J connectivity index is 1.33. The molecule has 3 aromatic carbocycles. The van der Waals surface area contributed by atoms with Crippen molar-refractivity contribution in [2.75, 3.05) is 30.4 Å². The van der Waals surface area contributed by atoms with Gasteiger partial charge in [-0.05, 0) is 62.6 Å². The van der Waals surface area contributed by atoms with Crippen LogP contribution in [0.25, 0.3) is 22.4 Å². The zero-order valence-electron chi connectivity index (χ0n) is 25.6. The highest BCUT2D eigenvalue weighted by Crippen LogP contribution is 2.49. The van der Waals surface area contributed by atoms with E-state index in [1.807, 2.05) is 24.3 Å². The Morgan fingerprint density at radius 3 is 2.46 bits per heavy atom. The minimum absolute atomic E-state index is 0.130. The van der Waals surface area contributed by atoms with Crippen molar-refractivity contribution in [1.29, 1.82) is 0 Å². The second-order valence-electron chi connectivity index (χ2n) is 11.1. The Morgan fingerprint density at radius 2 is 1.76 bits per heavy atom. The normalized spacial score (nSPS) is 16.2. The second kappa shape index (κ2) is 12.6. The maximum Gasteiger partial charge on any atom is 0.330 e. The third kappa shape index (κ3) is 5.80. The first-order valence-corrected chi connectivity index (χ1v) is 17.0. The Bertz CT molecular complexity index is 1990. The largest absolute Gasteiger partial charge is 0.383 e.